The van der Waals surface area contributed by atoms with Crippen molar-refractivity contribution in [2.45, 2.75) is 26.7 Å². The van der Waals surface area contributed by atoms with Crippen molar-refractivity contribution in [2.24, 2.45) is 0 Å². The molecule has 0 bridgehead atoms. The monoisotopic (exact) mass is 325 g/mol. The summed E-state index contributed by atoms with van der Waals surface area (Å²) in [5, 5.41) is 12.6. The number of hydrogen-bond donors (Lipinski definition) is 2. The maximum atomic E-state index is 8.95. The van der Waals surface area contributed by atoms with Gasteiger partial charge in [0.15, 0.2) is 0 Å². The fourth-order valence-corrected chi connectivity index (χ4v) is 2.14. The van der Waals surface area contributed by atoms with Gasteiger partial charge < -0.3 is 10.2 Å². The van der Waals surface area contributed by atoms with Crippen molar-refractivity contribution in [2.75, 3.05) is 30.1 Å². The Morgan fingerprint density at radius 1 is 1.33 bits per heavy atom. The molecule has 2 rings (SSSR count). The summed E-state index contributed by atoms with van der Waals surface area (Å²) in [6.45, 7) is 4.98. The van der Waals surface area contributed by atoms with Gasteiger partial charge in [0.1, 0.15) is 6.07 Å². The maximum Gasteiger partial charge on any atom is 0.101 e. The van der Waals surface area contributed by atoms with E-state index in [1.165, 1.54) is 0 Å². The topological polar surface area (TPSA) is 39.1 Å². The lowest BCUT2D eigenvalue weighted by atomic mass is 10.1. The molecule has 0 atom stereocenters. The highest BCUT2D eigenvalue weighted by Gasteiger charge is 2.13. The first kappa shape index (κ1) is 19.7. The van der Waals surface area contributed by atoms with E-state index in [-0.39, 0.29) is 0 Å². The molecule has 1 N–H and O–H groups in total. The largest absolute Gasteiger partial charge is 0.386 e. The van der Waals surface area contributed by atoms with Crippen molar-refractivity contribution in [1.82, 2.24) is 0 Å². The number of nitriles is 1. The first-order valence-electron chi connectivity index (χ1n) is 7.05. The van der Waals surface area contributed by atoms with E-state index < -0.39 is 0 Å². The average molecular weight is 326 g/mol. The van der Waals surface area contributed by atoms with E-state index in [0.717, 1.165) is 30.8 Å². The molecule has 0 amide bonds. The molecule has 1 heterocycles. The third-order valence-corrected chi connectivity index (χ3v) is 3.15. The summed E-state index contributed by atoms with van der Waals surface area (Å²) in [5.41, 5.74) is 2.45. The fourth-order valence-electron chi connectivity index (χ4n) is 1.94. The first-order chi connectivity index (χ1) is 10.3. The lowest BCUT2D eigenvalue weighted by molar-refractivity contribution is 0.787. The first-order valence-corrected chi connectivity index (χ1v) is 8.33. The molecule has 21 heavy (non-hydrogen) atoms. The molecule has 116 valence electrons. The van der Waals surface area contributed by atoms with Crippen molar-refractivity contribution < 1.29 is 0 Å². The number of hydrogen-bond acceptors (Lipinski definition) is 4. The molecule has 3 nitrogen and oxygen atoms in total. The second-order valence-electron chi connectivity index (χ2n) is 3.93. The van der Waals surface area contributed by atoms with Crippen LogP contribution < -0.4 is 10.2 Å². The molecule has 0 aromatic heterocycles. The number of nitrogens with one attached hydrogen (secondary N) is 1. The molecule has 5 heteroatoms. The van der Waals surface area contributed by atoms with Crippen molar-refractivity contribution >= 4 is 35.6 Å². The smallest absolute Gasteiger partial charge is 0.101 e. The van der Waals surface area contributed by atoms with Crippen molar-refractivity contribution in [3.8, 4) is 6.07 Å². The minimum atomic E-state index is 0.500. The van der Waals surface area contributed by atoms with Gasteiger partial charge in [-0.05, 0) is 31.2 Å². The normalized spacial score (nSPS) is 12.3. The summed E-state index contributed by atoms with van der Waals surface area (Å²) in [4.78, 5) is 2.16. The third kappa shape index (κ3) is 5.53. The van der Waals surface area contributed by atoms with Crippen LogP contribution in [0, 0.1) is 11.3 Å². The molecule has 0 saturated carbocycles. The number of allylic oxidation sites excluding steroid dienone is 1. The Hall–Kier alpha value is -1.31. The van der Waals surface area contributed by atoms with Crippen LogP contribution in [0.1, 0.15) is 32.3 Å². The Balaban J connectivity index is 0.000000921. The molecule has 0 spiro atoms. The van der Waals surface area contributed by atoms with E-state index in [0.29, 0.717) is 10.6 Å². The molecule has 1 aromatic carbocycles. The van der Waals surface area contributed by atoms with Crippen LogP contribution >= 0.6 is 24.2 Å². The van der Waals surface area contributed by atoms with E-state index in [2.05, 4.69) is 41.2 Å². The van der Waals surface area contributed by atoms with Crippen LogP contribution in [0.3, 0.4) is 0 Å². The molecular formula is C16H24ClN3S. The van der Waals surface area contributed by atoms with E-state index in [1.807, 2.05) is 27.0 Å². The molecule has 1 aliphatic heterocycles. The number of halogens is 1. The average Bonchev–Trinajstić information content (AvgIpc) is 2.59. The zero-order valence-electron chi connectivity index (χ0n) is 13.2. The van der Waals surface area contributed by atoms with Crippen LogP contribution in [0.25, 0.3) is 0 Å². The second kappa shape index (κ2) is 11.4. The highest BCUT2D eigenvalue weighted by Crippen LogP contribution is 2.33. The highest BCUT2D eigenvalue weighted by atomic mass is 35.5. The Labute approximate surface area is 139 Å². The van der Waals surface area contributed by atoms with Crippen LogP contribution in [0.2, 0.25) is 5.02 Å². The lowest BCUT2D eigenvalue weighted by Gasteiger charge is -2.26. The summed E-state index contributed by atoms with van der Waals surface area (Å²) < 4.78 is 0. The Kier molecular flexibility index (Phi) is 10.7. The molecule has 1 aromatic rings. The summed E-state index contributed by atoms with van der Waals surface area (Å²) in [6, 6.07) is 5.73. The summed E-state index contributed by atoms with van der Waals surface area (Å²) in [6.07, 6.45) is 8.17. The van der Waals surface area contributed by atoms with E-state index in [4.69, 9.17) is 16.9 Å². The van der Waals surface area contributed by atoms with Gasteiger partial charge in [0, 0.05) is 19.8 Å². The minimum absolute atomic E-state index is 0.500. The van der Waals surface area contributed by atoms with Gasteiger partial charge in [-0.1, -0.05) is 31.5 Å². The second-order valence-corrected chi connectivity index (χ2v) is 4.34. The predicted octanol–water partition coefficient (Wildman–Crippen LogP) is 4.94. The van der Waals surface area contributed by atoms with Crippen molar-refractivity contribution in [1.29, 1.82) is 5.26 Å². The van der Waals surface area contributed by atoms with Gasteiger partial charge in [0.25, 0.3) is 0 Å². The van der Waals surface area contributed by atoms with Crippen LogP contribution in [0.5, 0.6) is 0 Å². The molecule has 0 radical (unpaired) electrons. The molecule has 0 aliphatic carbocycles. The molecule has 0 fully saturated rings. The molecule has 0 saturated heterocycles. The van der Waals surface area contributed by atoms with Crippen LogP contribution in [0.4, 0.5) is 11.4 Å². The summed E-state index contributed by atoms with van der Waals surface area (Å²) in [5.74, 6) is 0. The minimum Gasteiger partial charge on any atom is -0.386 e. The van der Waals surface area contributed by atoms with E-state index in [1.54, 1.807) is 12.3 Å². The SMILES string of the molecule is CC.CNc1cc(C#N)c(Cl)cc1N1C=CCCC1.CS. The fraction of sp³-hybridized carbons (Fsp3) is 0.438. The van der Waals surface area contributed by atoms with Gasteiger partial charge in [-0.2, -0.15) is 17.9 Å². The van der Waals surface area contributed by atoms with Crippen LogP contribution in [0.15, 0.2) is 24.4 Å². The zero-order chi connectivity index (χ0) is 16.3. The van der Waals surface area contributed by atoms with Gasteiger partial charge in [-0.25, -0.2) is 0 Å². The number of rotatable bonds is 2. The number of benzene rings is 1. The quantitative estimate of drug-likeness (QED) is 0.756. The summed E-state index contributed by atoms with van der Waals surface area (Å²) in [7, 11) is 1.85. The van der Waals surface area contributed by atoms with Crippen molar-refractivity contribution in [3.05, 3.63) is 35.0 Å². The van der Waals surface area contributed by atoms with Gasteiger partial charge in [0.2, 0.25) is 0 Å². The maximum absolute atomic E-state index is 8.95. The van der Waals surface area contributed by atoms with Gasteiger partial charge >= 0.3 is 0 Å². The molecular weight excluding hydrogens is 302 g/mol. The van der Waals surface area contributed by atoms with Crippen LogP contribution in [-0.2, 0) is 0 Å². The Bertz CT molecular complexity index is 495. The molecule has 1 aliphatic rings. The van der Waals surface area contributed by atoms with Crippen LogP contribution in [-0.4, -0.2) is 19.8 Å². The molecule has 0 unspecified atom stereocenters. The standard InChI is InChI=1S/C13H14ClN3.C2H6.CH4S/c1-16-12-7-10(9-15)11(14)8-13(12)17-5-3-2-4-6-17;2*1-2/h3,5,7-8,16H,2,4,6H2,1H3;1-2H3;2H,1H3. The van der Waals surface area contributed by atoms with Gasteiger partial charge in [0.05, 0.1) is 22.0 Å². The van der Waals surface area contributed by atoms with Gasteiger partial charge in [-0.3, -0.25) is 0 Å². The third-order valence-electron chi connectivity index (χ3n) is 2.84. The lowest BCUT2D eigenvalue weighted by Crippen LogP contribution is -2.21. The van der Waals surface area contributed by atoms with Gasteiger partial charge in [-0.15, -0.1) is 0 Å². The Morgan fingerprint density at radius 2 is 2.00 bits per heavy atom. The Morgan fingerprint density at radius 3 is 2.48 bits per heavy atom. The highest BCUT2D eigenvalue weighted by molar-refractivity contribution is 7.79. The number of anilines is 2. The number of nitrogens with zero attached hydrogens (tertiary/aromatic N) is 2. The predicted molar refractivity (Wildman–Crippen MR) is 97.7 cm³/mol. The van der Waals surface area contributed by atoms with E-state index in [9.17, 15) is 0 Å². The van der Waals surface area contributed by atoms with Crippen molar-refractivity contribution in [3.63, 3.8) is 0 Å². The van der Waals surface area contributed by atoms with E-state index >= 15 is 0 Å². The number of thiol groups is 1. The summed E-state index contributed by atoms with van der Waals surface area (Å²) >= 11 is 9.60. The zero-order valence-corrected chi connectivity index (χ0v) is 14.8.